The van der Waals surface area contributed by atoms with Crippen molar-refractivity contribution < 1.29 is 0 Å². The Balaban J connectivity index is 1.91. The highest BCUT2D eigenvalue weighted by atomic mass is 15.2. The molecule has 3 N–H and O–H groups in total. The van der Waals surface area contributed by atoms with Gasteiger partial charge in [0.1, 0.15) is 0 Å². The van der Waals surface area contributed by atoms with Gasteiger partial charge in [0, 0.05) is 38.1 Å². The lowest BCUT2D eigenvalue weighted by molar-refractivity contribution is 0.120. The summed E-state index contributed by atoms with van der Waals surface area (Å²) in [6.07, 6.45) is 3.27. The second-order valence-corrected chi connectivity index (χ2v) is 5.89. The zero-order valence-electron chi connectivity index (χ0n) is 13.1. The van der Waals surface area contributed by atoms with Crippen LogP contribution >= 0.6 is 0 Å². The Bertz CT molecular complexity index is 474. The Morgan fingerprint density at radius 2 is 2.14 bits per heavy atom. The van der Waals surface area contributed by atoms with E-state index >= 15 is 0 Å². The first-order valence-electron chi connectivity index (χ1n) is 7.89. The van der Waals surface area contributed by atoms with Crippen LogP contribution in [0.5, 0.6) is 0 Å². The van der Waals surface area contributed by atoms with Crippen LogP contribution in [-0.2, 0) is 6.54 Å². The molecule has 0 bridgehead atoms. The van der Waals surface area contributed by atoms with Crippen molar-refractivity contribution in [3.63, 3.8) is 0 Å². The van der Waals surface area contributed by atoms with Crippen LogP contribution in [0.15, 0.2) is 30.3 Å². The lowest BCUT2D eigenvalue weighted by Gasteiger charge is -2.43. The average molecular weight is 285 g/mol. The molecule has 0 amide bonds. The van der Waals surface area contributed by atoms with Crippen molar-refractivity contribution in [3.05, 3.63) is 35.9 Å². The van der Waals surface area contributed by atoms with E-state index in [1.165, 1.54) is 12.0 Å². The molecule has 3 heteroatoms. The molecule has 1 aliphatic rings. The Labute approximate surface area is 128 Å². The Morgan fingerprint density at radius 1 is 1.33 bits per heavy atom. The van der Waals surface area contributed by atoms with Crippen LogP contribution in [0.1, 0.15) is 31.7 Å². The van der Waals surface area contributed by atoms with E-state index in [2.05, 4.69) is 52.4 Å². The lowest BCUT2D eigenvalue weighted by Crippen LogP contribution is -2.61. The van der Waals surface area contributed by atoms with Gasteiger partial charge in [0.25, 0.3) is 0 Å². The molecular weight excluding hydrogens is 258 g/mol. The van der Waals surface area contributed by atoms with Gasteiger partial charge < -0.3 is 11.1 Å². The summed E-state index contributed by atoms with van der Waals surface area (Å²) in [5.41, 5.74) is 7.52. The number of benzene rings is 1. The van der Waals surface area contributed by atoms with E-state index < -0.39 is 0 Å². The summed E-state index contributed by atoms with van der Waals surface area (Å²) in [6.45, 7) is 6.71. The Hall–Kier alpha value is -1.34. The fraction of sp³-hybridized carbons (Fsp3) is 0.556. The lowest BCUT2D eigenvalue weighted by atomic mass is 9.88. The third-order valence-electron chi connectivity index (χ3n) is 4.22. The molecule has 1 saturated heterocycles. The highest BCUT2D eigenvalue weighted by Gasteiger charge is 2.33. The molecule has 1 heterocycles. The number of nitrogens with zero attached hydrogens (tertiary/aromatic N) is 1. The molecule has 21 heavy (non-hydrogen) atoms. The second-order valence-electron chi connectivity index (χ2n) is 5.89. The normalized spacial score (nSPS) is 22.6. The zero-order valence-corrected chi connectivity index (χ0v) is 13.1. The van der Waals surface area contributed by atoms with Gasteiger partial charge in [-0.25, -0.2) is 0 Å². The molecule has 0 saturated carbocycles. The Kier molecular flexibility index (Phi) is 6.25. The first-order valence-corrected chi connectivity index (χ1v) is 7.89. The monoisotopic (exact) mass is 285 g/mol. The molecule has 1 fully saturated rings. The van der Waals surface area contributed by atoms with Gasteiger partial charge in [0.05, 0.1) is 0 Å². The summed E-state index contributed by atoms with van der Waals surface area (Å²) >= 11 is 0. The zero-order chi connectivity index (χ0) is 15.0. The van der Waals surface area contributed by atoms with Crippen LogP contribution in [0.2, 0.25) is 0 Å². The maximum Gasteiger partial charge on any atom is 0.0433 e. The predicted molar refractivity (Wildman–Crippen MR) is 88.8 cm³/mol. The van der Waals surface area contributed by atoms with Crippen LogP contribution in [0.4, 0.5) is 0 Å². The smallest absolute Gasteiger partial charge is 0.0433 e. The van der Waals surface area contributed by atoms with E-state index in [4.69, 9.17) is 5.73 Å². The summed E-state index contributed by atoms with van der Waals surface area (Å²) < 4.78 is 0. The van der Waals surface area contributed by atoms with Crippen LogP contribution in [-0.4, -0.2) is 36.6 Å². The van der Waals surface area contributed by atoms with Crippen molar-refractivity contribution >= 4 is 0 Å². The molecule has 0 aromatic heterocycles. The third kappa shape index (κ3) is 4.86. The summed E-state index contributed by atoms with van der Waals surface area (Å²) in [5, 5.41) is 3.67. The quantitative estimate of drug-likeness (QED) is 0.620. The SMILES string of the molecule is CC#CCCNC1(CN)CCCN(Cc2ccccc2)C1. The number of hydrogen-bond acceptors (Lipinski definition) is 3. The number of rotatable bonds is 6. The van der Waals surface area contributed by atoms with Gasteiger partial charge in [-0.05, 0) is 31.9 Å². The number of nitrogens with one attached hydrogen (secondary N) is 1. The van der Waals surface area contributed by atoms with Crippen molar-refractivity contribution in [2.45, 2.75) is 38.3 Å². The molecule has 1 atom stereocenters. The van der Waals surface area contributed by atoms with Crippen molar-refractivity contribution in [1.29, 1.82) is 0 Å². The largest absolute Gasteiger partial charge is 0.329 e. The fourth-order valence-corrected chi connectivity index (χ4v) is 3.10. The summed E-state index contributed by atoms with van der Waals surface area (Å²) in [6, 6.07) is 10.7. The van der Waals surface area contributed by atoms with Gasteiger partial charge in [-0.3, -0.25) is 4.90 Å². The molecule has 0 aliphatic carbocycles. The summed E-state index contributed by atoms with van der Waals surface area (Å²) in [4.78, 5) is 2.52. The molecule has 2 rings (SSSR count). The molecule has 1 unspecified atom stereocenters. The van der Waals surface area contributed by atoms with E-state index in [1.54, 1.807) is 0 Å². The molecule has 3 nitrogen and oxygen atoms in total. The van der Waals surface area contributed by atoms with Crippen molar-refractivity contribution in [2.75, 3.05) is 26.2 Å². The van der Waals surface area contributed by atoms with Crippen LogP contribution < -0.4 is 11.1 Å². The Morgan fingerprint density at radius 3 is 2.86 bits per heavy atom. The molecule has 0 spiro atoms. The maximum absolute atomic E-state index is 6.08. The first kappa shape index (κ1) is 16.0. The fourth-order valence-electron chi connectivity index (χ4n) is 3.10. The summed E-state index contributed by atoms with van der Waals surface area (Å²) in [5.74, 6) is 6.06. The number of hydrogen-bond donors (Lipinski definition) is 2. The van der Waals surface area contributed by atoms with Crippen molar-refractivity contribution in [2.24, 2.45) is 5.73 Å². The average Bonchev–Trinajstić information content (AvgIpc) is 2.53. The van der Waals surface area contributed by atoms with E-state index in [9.17, 15) is 0 Å². The molecule has 114 valence electrons. The van der Waals surface area contributed by atoms with Crippen LogP contribution in [0, 0.1) is 11.8 Å². The van der Waals surface area contributed by atoms with Crippen LogP contribution in [0.25, 0.3) is 0 Å². The van der Waals surface area contributed by atoms with Crippen molar-refractivity contribution in [3.8, 4) is 11.8 Å². The third-order valence-corrected chi connectivity index (χ3v) is 4.22. The molecule has 1 aliphatic heterocycles. The van der Waals surface area contributed by atoms with Crippen LogP contribution in [0.3, 0.4) is 0 Å². The van der Waals surface area contributed by atoms with Crippen molar-refractivity contribution in [1.82, 2.24) is 10.2 Å². The maximum atomic E-state index is 6.08. The summed E-state index contributed by atoms with van der Waals surface area (Å²) in [7, 11) is 0. The molecule has 1 aromatic rings. The molecule has 1 aromatic carbocycles. The van der Waals surface area contributed by atoms with E-state index in [0.717, 1.165) is 39.0 Å². The highest BCUT2D eigenvalue weighted by molar-refractivity contribution is 5.15. The minimum atomic E-state index is 0.0580. The van der Waals surface area contributed by atoms with Gasteiger partial charge >= 0.3 is 0 Å². The predicted octanol–water partition coefficient (Wildman–Crippen LogP) is 1.98. The van der Waals surface area contributed by atoms with Gasteiger partial charge in [-0.2, -0.15) is 0 Å². The first-order chi connectivity index (χ1) is 10.3. The molecular formula is C18H27N3. The van der Waals surface area contributed by atoms with Gasteiger partial charge in [0.2, 0.25) is 0 Å². The number of likely N-dealkylation sites (tertiary alicyclic amines) is 1. The minimum Gasteiger partial charge on any atom is -0.329 e. The highest BCUT2D eigenvalue weighted by Crippen LogP contribution is 2.22. The molecule has 0 radical (unpaired) electrons. The number of nitrogens with two attached hydrogens (primary N) is 1. The second kappa shape index (κ2) is 8.19. The van der Waals surface area contributed by atoms with Gasteiger partial charge in [0.15, 0.2) is 0 Å². The van der Waals surface area contributed by atoms with E-state index in [0.29, 0.717) is 6.54 Å². The minimum absolute atomic E-state index is 0.0580. The number of piperidine rings is 1. The standard InChI is InChI=1S/C18H27N3/c1-2-3-7-12-20-18(15-19)11-8-13-21(16-18)14-17-9-5-4-6-10-17/h4-6,9-10,20H,7-8,11-16,19H2,1H3. The van der Waals surface area contributed by atoms with Gasteiger partial charge in [-0.15, -0.1) is 11.8 Å². The van der Waals surface area contributed by atoms with Gasteiger partial charge in [-0.1, -0.05) is 30.3 Å². The van der Waals surface area contributed by atoms with E-state index in [-0.39, 0.29) is 5.54 Å². The van der Waals surface area contributed by atoms with E-state index in [1.807, 2.05) is 6.92 Å². The topological polar surface area (TPSA) is 41.3 Å².